The zero-order valence-electron chi connectivity index (χ0n) is 33.9. The zero-order chi connectivity index (χ0) is 45.0. The quantitative estimate of drug-likeness (QED) is 0.0219. The highest BCUT2D eigenvalue weighted by Gasteiger charge is 2.40. The first-order valence-electron chi connectivity index (χ1n) is 19.2. The zero-order valence-corrected chi connectivity index (χ0v) is 33.9. The van der Waals surface area contributed by atoms with E-state index in [9.17, 15) is 58.5 Å². The van der Waals surface area contributed by atoms with Crippen molar-refractivity contribution in [3.05, 3.63) is 0 Å². The molecule has 17 N–H and O–H groups in total. The van der Waals surface area contributed by atoms with Gasteiger partial charge in [0.2, 0.25) is 47.3 Å². The predicted molar refractivity (Wildman–Crippen MR) is 210 cm³/mol. The Bertz CT molecular complexity index is 1520. The van der Waals surface area contributed by atoms with E-state index < -0.39 is 115 Å². The number of rotatable bonds is 26. The summed E-state index contributed by atoms with van der Waals surface area (Å²) in [5.41, 5.74) is 21.8. The average Bonchev–Trinajstić information content (AvgIpc) is 3.54. The van der Waals surface area contributed by atoms with Crippen LogP contribution < -0.4 is 54.8 Å². The van der Waals surface area contributed by atoms with Crippen molar-refractivity contribution in [2.75, 3.05) is 32.8 Å². The number of carbonyl (C=O) groups is 9. The lowest BCUT2D eigenvalue weighted by atomic mass is 10.0. The second kappa shape index (κ2) is 25.7. The first kappa shape index (κ1) is 51.4. The van der Waals surface area contributed by atoms with E-state index >= 15 is 0 Å². The standard InChI is InChI=1S/C35H62N12O12/c1-17(2)10-20(36)29(53)43-21(6-5-9-40-35(38)39)31(55)45-23(11-18(3)4)32(56)46-24(16-48)30(54)42-13-27(51)41-14-28(52)47-15-19(49)12-25(47)33(57)44-22(34(58)59)7-8-26(37)50/h17-25,48-49H,5-16,36H2,1-4H3,(H2,37,50)(H,41,51)(H,42,54)(H,43,53)(H,44,57)(H,45,55)(H,46,56)(H,58,59)(H4,38,39,40)/t19-,20+,21+,22+,23+,24+,25+/m1/s1. The number of aliphatic carboxylic acids is 1. The topological polar surface area (TPSA) is 406 Å². The number of aliphatic hydroxyl groups excluding tert-OH is 2. The highest BCUT2D eigenvalue weighted by molar-refractivity contribution is 5.96. The van der Waals surface area contributed by atoms with Gasteiger partial charge in [-0.15, -0.1) is 0 Å². The van der Waals surface area contributed by atoms with Gasteiger partial charge in [-0.05, 0) is 43.9 Å². The van der Waals surface area contributed by atoms with Gasteiger partial charge in [0.25, 0.3) is 0 Å². The molecule has 1 saturated heterocycles. The van der Waals surface area contributed by atoms with E-state index in [-0.39, 0.29) is 69.4 Å². The molecule has 8 amide bonds. The number of hydrogen-bond donors (Lipinski definition) is 13. The van der Waals surface area contributed by atoms with E-state index in [2.05, 4.69) is 36.9 Å². The van der Waals surface area contributed by atoms with Crippen LogP contribution in [0.5, 0.6) is 0 Å². The van der Waals surface area contributed by atoms with Crippen LogP contribution in [0, 0.1) is 11.8 Å². The van der Waals surface area contributed by atoms with Gasteiger partial charge in [0.15, 0.2) is 5.96 Å². The Balaban J connectivity index is 2.89. The number of carboxylic acids is 1. The molecule has 1 heterocycles. The Morgan fingerprint density at radius 2 is 1.34 bits per heavy atom. The Morgan fingerprint density at radius 1 is 0.746 bits per heavy atom. The number of aliphatic hydroxyl groups is 2. The molecule has 1 rings (SSSR count). The van der Waals surface area contributed by atoms with Crippen molar-refractivity contribution < 1.29 is 58.5 Å². The summed E-state index contributed by atoms with van der Waals surface area (Å²) >= 11 is 0. The number of guanidine groups is 1. The van der Waals surface area contributed by atoms with Gasteiger partial charge >= 0.3 is 5.97 Å². The number of primary amides is 1. The molecule has 1 aliphatic heterocycles. The second-order valence-corrected chi connectivity index (χ2v) is 15.0. The molecule has 0 unspecified atom stereocenters. The molecule has 1 aliphatic rings. The van der Waals surface area contributed by atoms with Gasteiger partial charge in [-0.3, -0.25) is 43.3 Å². The second-order valence-electron chi connectivity index (χ2n) is 15.0. The first-order chi connectivity index (χ1) is 27.5. The van der Waals surface area contributed by atoms with Crippen LogP contribution in [0.2, 0.25) is 0 Å². The van der Waals surface area contributed by atoms with Crippen molar-refractivity contribution >= 4 is 59.2 Å². The molecular formula is C35H62N12O12. The fraction of sp³-hybridized carbons (Fsp3) is 0.714. The van der Waals surface area contributed by atoms with Crippen LogP contribution in [0.1, 0.15) is 72.6 Å². The van der Waals surface area contributed by atoms with Gasteiger partial charge in [0.05, 0.1) is 31.8 Å². The van der Waals surface area contributed by atoms with Crippen molar-refractivity contribution in [1.82, 2.24) is 36.8 Å². The van der Waals surface area contributed by atoms with E-state index in [1.54, 1.807) is 13.8 Å². The number of amides is 8. The Hall–Kier alpha value is -5.62. The fourth-order valence-corrected chi connectivity index (χ4v) is 5.89. The number of nitrogens with zero attached hydrogens (tertiary/aromatic N) is 2. The summed E-state index contributed by atoms with van der Waals surface area (Å²) < 4.78 is 0. The van der Waals surface area contributed by atoms with Crippen molar-refractivity contribution in [2.24, 2.45) is 39.8 Å². The summed E-state index contributed by atoms with van der Waals surface area (Å²) in [6.07, 6.45) is -1.22. The van der Waals surface area contributed by atoms with E-state index in [4.69, 9.17) is 22.9 Å². The normalized spacial score (nSPS) is 17.4. The number of nitrogens with two attached hydrogens (primary N) is 4. The lowest BCUT2D eigenvalue weighted by Crippen LogP contribution is -2.59. The molecule has 24 nitrogen and oxygen atoms in total. The Labute approximate surface area is 341 Å². The lowest BCUT2D eigenvalue weighted by Gasteiger charge is -2.26. The van der Waals surface area contributed by atoms with Crippen LogP contribution in [0.15, 0.2) is 4.99 Å². The molecule has 0 bridgehead atoms. The maximum atomic E-state index is 13.5. The van der Waals surface area contributed by atoms with Gasteiger partial charge in [0, 0.05) is 25.9 Å². The summed E-state index contributed by atoms with van der Waals surface area (Å²) in [7, 11) is 0. The molecule has 0 spiro atoms. The molecular weight excluding hydrogens is 780 g/mol. The number of carbonyl (C=O) groups excluding carboxylic acids is 8. The molecule has 0 radical (unpaired) electrons. The molecule has 59 heavy (non-hydrogen) atoms. The van der Waals surface area contributed by atoms with Gasteiger partial charge in [-0.1, -0.05) is 27.7 Å². The molecule has 0 saturated carbocycles. The molecule has 0 aromatic carbocycles. The summed E-state index contributed by atoms with van der Waals surface area (Å²) in [6.45, 7) is 4.82. The number of carboxylic acid groups (broad SMARTS) is 1. The molecule has 24 heteroatoms. The largest absolute Gasteiger partial charge is 0.480 e. The van der Waals surface area contributed by atoms with Crippen molar-refractivity contribution in [3.63, 3.8) is 0 Å². The monoisotopic (exact) mass is 842 g/mol. The van der Waals surface area contributed by atoms with Gasteiger partial charge in [-0.25, -0.2) is 4.79 Å². The van der Waals surface area contributed by atoms with Crippen LogP contribution >= 0.6 is 0 Å². The summed E-state index contributed by atoms with van der Waals surface area (Å²) in [5.74, 6) is -8.23. The van der Waals surface area contributed by atoms with E-state index in [1.807, 2.05) is 13.8 Å². The maximum absolute atomic E-state index is 13.5. The lowest BCUT2D eigenvalue weighted by molar-refractivity contribution is -0.144. The number of β-amino-alcohol motifs (C(OH)–C–C–N with tert-alkyl or cyclic N) is 1. The van der Waals surface area contributed by atoms with E-state index in [0.29, 0.717) is 6.42 Å². The van der Waals surface area contributed by atoms with Crippen LogP contribution in [0.4, 0.5) is 0 Å². The van der Waals surface area contributed by atoms with Gasteiger partial charge in [-0.2, -0.15) is 0 Å². The van der Waals surface area contributed by atoms with Crippen LogP contribution in [-0.2, 0) is 43.2 Å². The third kappa shape index (κ3) is 19.6. The van der Waals surface area contributed by atoms with E-state index in [1.165, 1.54) is 0 Å². The number of nitrogens with one attached hydrogen (secondary N) is 6. The molecule has 0 aromatic rings. The van der Waals surface area contributed by atoms with Gasteiger partial charge in [0.1, 0.15) is 30.2 Å². The van der Waals surface area contributed by atoms with Crippen molar-refractivity contribution in [1.29, 1.82) is 0 Å². The first-order valence-corrected chi connectivity index (χ1v) is 19.2. The Morgan fingerprint density at radius 3 is 1.90 bits per heavy atom. The highest BCUT2D eigenvalue weighted by Crippen LogP contribution is 2.19. The summed E-state index contributed by atoms with van der Waals surface area (Å²) in [4.78, 5) is 118. The van der Waals surface area contributed by atoms with Crippen molar-refractivity contribution in [3.8, 4) is 0 Å². The Kier molecular flexibility index (Phi) is 22.4. The molecule has 0 aromatic heterocycles. The third-order valence-corrected chi connectivity index (χ3v) is 8.85. The minimum atomic E-state index is -1.59. The molecule has 334 valence electrons. The smallest absolute Gasteiger partial charge is 0.326 e. The fourth-order valence-electron chi connectivity index (χ4n) is 5.89. The average molecular weight is 843 g/mol. The van der Waals surface area contributed by atoms with Crippen LogP contribution in [-0.4, -0.2) is 155 Å². The molecule has 1 fully saturated rings. The van der Waals surface area contributed by atoms with Gasteiger partial charge < -0.3 is 75.1 Å². The minimum absolute atomic E-state index is 0.0803. The van der Waals surface area contributed by atoms with Crippen LogP contribution in [0.3, 0.4) is 0 Å². The highest BCUT2D eigenvalue weighted by atomic mass is 16.4. The maximum Gasteiger partial charge on any atom is 0.326 e. The number of hydrogen-bond acceptors (Lipinski definition) is 13. The SMILES string of the molecule is CC(C)C[C@H](NC(=O)[C@H](CCCN=C(N)N)NC(=O)[C@@H](N)CC(C)C)C(=O)N[C@@H](CO)C(=O)NCC(=O)NCC(=O)N1C[C@H](O)C[C@H]1C(=O)N[C@@H](CCC(N)=O)C(=O)O. The molecule has 7 atom stereocenters. The predicted octanol–water partition coefficient (Wildman–Crippen LogP) is -6.06. The van der Waals surface area contributed by atoms with Crippen LogP contribution in [0.25, 0.3) is 0 Å². The minimum Gasteiger partial charge on any atom is -0.480 e. The third-order valence-electron chi connectivity index (χ3n) is 8.85. The summed E-state index contributed by atoms with van der Waals surface area (Å²) in [5, 5.41) is 43.7. The number of aliphatic imine (C=N–C) groups is 1. The number of likely N-dealkylation sites (tertiary alicyclic amines) is 1. The molecule has 0 aliphatic carbocycles. The van der Waals surface area contributed by atoms with Crippen molar-refractivity contribution in [2.45, 2.75) is 115 Å². The summed E-state index contributed by atoms with van der Waals surface area (Å²) in [6, 6.07) is -7.66. The van der Waals surface area contributed by atoms with E-state index in [0.717, 1.165) is 4.90 Å².